The molecule has 0 spiro atoms. The van der Waals surface area contributed by atoms with Gasteiger partial charge in [-0.3, -0.25) is 9.10 Å². The minimum atomic E-state index is -3.35. The molecule has 0 fully saturated rings. The van der Waals surface area contributed by atoms with E-state index < -0.39 is 10.0 Å². The van der Waals surface area contributed by atoms with Crippen LogP contribution in [0.5, 0.6) is 0 Å². The van der Waals surface area contributed by atoms with Crippen LogP contribution in [0.2, 0.25) is 10.0 Å². The number of hydrogen-bond donors (Lipinski definition) is 1. The molecule has 0 aliphatic heterocycles. The third-order valence-electron chi connectivity index (χ3n) is 3.58. The maximum atomic E-state index is 12.3. The van der Waals surface area contributed by atoms with Crippen LogP contribution in [0.4, 0.5) is 11.4 Å². The fraction of sp³-hybridized carbons (Fsp3) is 0.235. The molecular weight excluding hydrogens is 383 g/mol. The van der Waals surface area contributed by atoms with Crippen molar-refractivity contribution < 1.29 is 13.2 Å². The van der Waals surface area contributed by atoms with E-state index in [0.717, 1.165) is 0 Å². The number of sulfonamides is 1. The quantitative estimate of drug-likeness (QED) is 0.779. The summed E-state index contributed by atoms with van der Waals surface area (Å²) in [5.41, 5.74) is 1.45. The molecule has 0 bridgehead atoms. The van der Waals surface area contributed by atoms with Gasteiger partial charge in [-0.25, -0.2) is 8.42 Å². The van der Waals surface area contributed by atoms with Gasteiger partial charge in [0.1, 0.15) is 0 Å². The van der Waals surface area contributed by atoms with Crippen LogP contribution in [0, 0.1) is 0 Å². The molecule has 2 aromatic rings. The zero-order valence-electron chi connectivity index (χ0n) is 13.8. The van der Waals surface area contributed by atoms with E-state index >= 15 is 0 Å². The molecule has 0 aliphatic rings. The summed E-state index contributed by atoms with van der Waals surface area (Å²) in [6.45, 7) is 3.68. The molecule has 0 heterocycles. The molecule has 1 amide bonds. The molecule has 5 nitrogen and oxygen atoms in total. The Hall–Kier alpha value is -1.76. The molecule has 2 aromatic carbocycles. The molecule has 2 rings (SSSR count). The van der Waals surface area contributed by atoms with E-state index in [4.69, 9.17) is 23.2 Å². The largest absolute Gasteiger partial charge is 0.322 e. The Morgan fingerprint density at radius 3 is 2.20 bits per heavy atom. The number of benzene rings is 2. The van der Waals surface area contributed by atoms with Gasteiger partial charge in [-0.2, -0.15) is 0 Å². The molecule has 0 saturated carbocycles. The van der Waals surface area contributed by atoms with Crippen molar-refractivity contribution in [1.29, 1.82) is 0 Å². The lowest BCUT2D eigenvalue weighted by atomic mass is 10.2. The van der Waals surface area contributed by atoms with Gasteiger partial charge in [0.15, 0.2) is 0 Å². The average Bonchev–Trinajstić information content (AvgIpc) is 2.59. The minimum absolute atomic E-state index is 0.0143. The average molecular weight is 401 g/mol. The highest BCUT2D eigenvalue weighted by molar-refractivity contribution is 7.92. The summed E-state index contributed by atoms with van der Waals surface area (Å²) in [5, 5.41) is 3.47. The first-order chi connectivity index (χ1) is 11.8. The highest BCUT2D eigenvalue weighted by Crippen LogP contribution is 2.25. The third kappa shape index (κ3) is 4.66. The van der Waals surface area contributed by atoms with Gasteiger partial charge in [0.2, 0.25) is 10.0 Å². The first-order valence-electron chi connectivity index (χ1n) is 7.65. The van der Waals surface area contributed by atoms with Gasteiger partial charge >= 0.3 is 0 Å². The number of rotatable bonds is 6. The molecule has 0 saturated heterocycles. The van der Waals surface area contributed by atoms with E-state index in [2.05, 4.69) is 5.32 Å². The fourth-order valence-corrected chi connectivity index (χ4v) is 3.70. The first-order valence-corrected chi connectivity index (χ1v) is 10.0. The molecule has 0 atom stereocenters. The number of anilines is 2. The van der Waals surface area contributed by atoms with Crippen molar-refractivity contribution in [2.24, 2.45) is 0 Å². The number of carbonyl (C=O) groups is 1. The second kappa shape index (κ2) is 8.08. The van der Waals surface area contributed by atoms with E-state index in [-0.39, 0.29) is 11.7 Å². The van der Waals surface area contributed by atoms with Crippen molar-refractivity contribution >= 4 is 50.5 Å². The summed E-state index contributed by atoms with van der Waals surface area (Å²) < 4.78 is 25.5. The van der Waals surface area contributed by atoms with Crippen LogP contribution in [-0.2, 0) is 10.0 Å². The molecular formula is C17H18Cl2N2O3S. The maximum Gasteiger partial charge on any atom is 0.255 e. The number of carbonyl (C=O) groups excluding carboxylic acids is 1. The Balaban J connectivity index is 2.18. The number of halogens is 2. The van der Waals surface area contributed by atoms with Crippen LogP contribution < -0.4 is 9.62 Å². The Kier molecular flexibility index (Phi) is 6.32. The summed E-state index contributed by atoms with van der Waals surface area (Å²) in [6, 6.07) is 11.2. The van der Waals surface area contributed by atoms with Crippen LogP contribution in [0.3, 0.4) is 0 Å². The zero-order valence-corrected chi connectivity index (χ0v) is 16.1. The SMILES string of the molecule is CCN(c1ccc(C(=O)Nc2ccc(Cl)c(Cl)c2)cc1)S(=O)(=O)CC. The van der Waals surface area contributed by atoms with E-state index in [1.54, 1.807) is 56.3 Å². The van der Waals surface area contributed by atoms with Crippen LogP contribution in [0.15, 0.2) is 42.5 Å². The lowest BCUT2D eigenvalue weighted by molar-refractivity contribution is 0.102. The van der Waals surface area contributed by atoms with Gasteiger partial charge in [-0.05, 0) is 56.3 Å². The lowest BCUT2D eigenvalue weighted by Crippen LogP contribution is -2.32. The highest BCUT2D eigenvalue weighted by Gasteiger charge is 2.19. The normalized spacial score (nSPS) is 11.2. The Morgan fingerprint density at radius 2 is 1.68 bits per heavy atom. The monoisotopic (exact) mass is 400 g/mol. The molecule has 25 heavy (non-hydrogen) atoms. The summed E-state index contributed by atoms with van der Waals surface area (Å²) in [7, 11) is -3.35. The van der Waals surface area contributed by atoms with Crippen molar-refractivity contribution in [2.45, 2.75) is 13.8 Å². The Bertz CT molecular complexity index is 868. The smallest absolute Gasteiger partial charge is 0.255 e. The molecule has 134 valence electrons. The predicted molar refractivity (Wildman–Crippen MR) is 103 cm³/mol. The van der Waals surface area contributed by atoms with E-state index in [1.165, 1.54) is 4.31 Å². The molecule has 1 N–H and O–H groups in total. The second-order valence-electron chi connectivity index (χ2n) is 5.20. The summed E-state index contributed by atoms with van der Waals surface area (Å²) >= 11 is 11.8. The molecule has 0 aromatic heterocycles. The van der Waals surface area contributed by atoms with E-state index in [0.29, 0.717) is 33.5 Å². The van der Waals surface area contributed by atoms with Crippen molar-refractivity contribution in [2.75, 3.05) is 21.9 Å². The number of nitrogens with one attached hydrogen (secondary N) is 1. The molecule has 8 heteroatoms. The Morgan fingerprint density at radius 1 is 1.04 bits per heavy atom. The maximum absolute atomic E-state index is 12.3. The molecule has 0 unspecified atom stereocenters. The number of nitrogens with zero attached hydrogens (tertiary/aromatic N) is 1. The van der Waals surface area contributed by atoms with E-state index in [9.17, 15) is 13.2 Å². The van der Waals surface area contributed by atoms with Crippen molar-refractivity contribution in [3.63, 3.8) is 0 Å². The van der Waals surface area contributed by atoms with Gasteiger partial charge in [0.25, 0.3) is 5.91 Å². The highest BCUT2D eigenvalue weighted by atomic mass is 35.5. The fourth-order valence-electron chi connectivity index (χ4n) is 2.25. The minimum Gasteiger partial charge on any atom is -0.322 e. The summed E-state index contributed by atoms with van der Waals surface area (Å²) in [6.07, 6.45) is 0. The van der Waals surface area contributed by atoms with Crippen LogP contribution in [0.25, 0.3) is 0 Å². The van der Waals surface area contributed by atoms with Crippen LogP contribution >= 0.6 is 23.2 Å². The number of hydrogen-bond acceptors (Lipinski definition) is 3. The third-order valence-corrected chi connectivity index (χ3v) is 6.19. The van der Waals surface area contributed by atoms with Gasteiger partial charge in [-0.1, -0.05) is 23.2 Å². The predicted octanol–water partition coefficient (Wildman–Crippen LogP) is 4.42. The van der Waals surface area contributed by atoms with Gasteiger partial charge in [0, 0.05) is 17.8 Å². The summed E-state index contributed by atoms with van der Waals surface area (Å²) in [5.74, 6) is -0.313. The lowest BCUT2D eigenvalue weighted by Gasteiger charge is -2.22. The first kappa shape index (κ1) is 19.6. The van der Waals surface area contributed by atoms with Gasteiger partial charge in [0.05, 0.1) is 21.5 Å². The van der Waals surface area contributed by atoms with Crippen molar-refractivity contribution in [1.82, 2.24) is 0 Å². The van der Waals surface area contributed by atoms with Gasteiger partial charge in [-0.15, -0.1) is 0 Å². The Labute approximate surface area is 157 Å². The van der Waals surface area contributed by atoms with Crippen LogP contribution in [-0.4, -0.2) is 26.6 Å². The van der Waals surface area contributed by atoms with Crippen LogP contribution in [0.1, 0.15) is 24.2 Å². The number of amides is 1. The van der Waals surface area contributed by atoms with Crippen molar-refractivity contribution in [3.05, 3.63) is 58.1 Å². The molecule has 0 radical (unpaired) electrons. The van der Waals surface area contributed by atoms with Crippen molar-refractivity contribution in [3.8, 4) is 0 Å². The standard InChI is InChI=1S/C17H18Cl2N2O3S/c1-3-21(25(23,24)4-2)14-8-5-12(6-9-14)17(22)20-13-7-10-15(18)16(19)11-13/h5-11H,3-4H2,1-2H3,(H,20,22). The second-order valence-corrected chi connectivity index (χ2v) is 8.19. The molecule has 0 aliphatic carbocycles. The summed E-state index contributed by atoms with van der Waals surface area (Å²) in [4.78, 5) is 12.3. The topological polar surface area (TPSA) is 66.5 Å². The zero-order chi connectivity index (χ0) is 18.6. The van der Waals surface area contributed by atoms with E-state index in [1.807, 2.05) is 0 Å². The van der Waals surface area contributed by atoms with Gasteiger partial charge < -0.3 is 5.32 Å².